The van der Waals surface area contributed by atoms with Crippen LogP contribution in [0.25, 0.3) is 0 Å². The number of sulfonamides is 1. The number of rotatable bonds is 7. The summed E-state index contributed by atoms with van der Waals surface area (Å²) in [5.74, 6) is 0.852. The second kappa shape index (κ2) is 8.13. The molecule has 1 amide bonds. The quantitative estimate of drug-likeness (QED) is 0.717. The molecule has 0 bridgehead atoms. The van der Waals surface area contributed by atoms with Gasteiger partial charge in [-0.25, -0.2) is 8.42 Å². The fourth-order valence-electron chi connectivity index (χ4n) is 2.71. The van der Waals surface area contributed by atoms with Crippen molar-refractivity contribution in [3.63, 3.8) is 0 Å². The number of hydrogen-bond donors (Lipinski definition) is 1. The Morgan fingerprint density at radius 2 is 1.73 bits per heavy atom. The minimum atomic E-state index is -3.49. The van der Waals surface area contributed by atoms with Crippen molar-refractivity contribution in [3.05, 3.63) is 48.0 Å². The molecule has 8 nitrogen and oxygen atoms in total. The summed E-state index contributed by atoms with van der Waals surface area (Å²) in [4.78, 5) is 14.5. The van der Waals surface area contributed by atoms with Crippen molar-refractivity contribution in [2.24, 2.45) is 0 Å². The van der Waals surface area contributed by atoms with Gasteiger partial charge >= 0.3 is 0 Å². The van der Waals surface area contributed by atoms with Gasteiger partial charge in [-0.15, -0.1) is 10.2 Å². The van der Waals surface area contributed by atoms with Gasteiger partial charge in [-0.2, -0.15) is 0 Å². The highest BCUT2D eigenvalue weighted by molar-refractivity contribution is 7.92. The largest absolute Gasteiger partial charge is 0.352 e. The number of benzene rings is 1. The van der Waals surface area contributed by atoms with Crippen LogP contribution in [0, 0.1) is 0 Å². The number of nitrogens with one attached hydrogen (secondary N) is 1. The summed E-state index contributed by atoms with van der Waals surface area (Å²) < 4.78 is 26.9. The number of aromatic nitrogens is 2. The normalized spacial score (nSPS) is 14.9. The van der Waals surface area contributed by atoms with Gasteiger partial charge in [-0.3, -0.25) is 9.52 Å². The van der Waals surface area contributed by atoms with Crippen molar-refractivity contribution < 1.29 is 13.2 Å². The average Bonchev–Trinajstić information content (AvgIpc) is 2.68. The molecule has 3 rings (SSSR count). The molecular formula is C17H21N5O3S. The molecule has 1 aromatic heterocycles. The third-order valence-electron chi connectivity index (χ3n) is 4.20. The highest BCUT2D eigenvalue weighted by Gasteiger charge is 2.17. The number of carbonyl (C=O) groups is 1. The lowest BCUT2D eigenvalue weighted by Gasteiger charge is -2.32. The number of carbonyl (C=O) groups excluding carboxylic acids is 1. The molecule has 0 atom stereocenters. The number of hydrogen-bond acceptors (Lipinski definition) is 6. The first-order valence-corrected chi connectivity index (χ1v) is 10.0. The first-order chi connectivity index (χ1) is 12.6. The summed E-state index contributed by atoms with van der Waals surface area (Å²) in [6.07, 6.45) is 1.28. The molecule has 1 aliphatic rings. The molecular weight excluding hydrogens is 354 g/mol. The molecule has 1 fully saturated rings. The van der Waals surface area contributed by atoms with Crippen molar-refractivity contribution in [3.8, 4) is 0 Å². The number of nitrogens with zero attached hydrogens (tertiary/aromatic N) is 4. The Kier molecular flexibility index (Phi) is 5.67. The SMILES string of the molecule is O=CN1CCN(c2ccc(NS(=O)(=O)CCc3ccccc3)nn2)CC1. The molecule has 0 unspecified atom stereocenters. The summed E-state index contributed by atoms with van der Waals surface area (Å²) in [5.41, 5.74) is 0.966. The summed E-state index contributed by atoms with van der Waals surface area (Å²) in [5, 5.41) is 8.07. The molecule has 1 aromatic carbocycles. The van der Waals surface area contributed by atoms with Crippen LogP contribution in [0.2, 0.25) is 0 Å². The summed E-state index contributed by atoms with van der Waals surface area (Å²) in [6.45, 7) is 2.63. The van der Waals surface area contributed by atoms with E-state index >= 15 is 0 Å². The van der Waals surface area contributed by atoms with Crippen LogP contribution < -0.4 is 9.62 Å². The van der Waals surface area contributed by atoms with E-state index in [1.54, 1.807) is 17.0 Å². The molecule has 26 heavy (non-hydrogen) atoms. The van der Waals surface area contributed by atoms with Crippen molar-refractivity contribution in [2.75, 3.05) is 41.6 Å². The molecule has 1 N–H and O–H groups in total. The van der Waals surface area contributed by atoms with Crippen LogP contribution >= 0.6 is 0 Å². The number of amides is 1. The van der Waals surface area contributed by atoms with E-state index in [0.717, 1.165) is 12.0 Å². The first-order valence-electron chi connectivity index (χ1n) is 8.38. The van der Waals surface area contributed by atoms with Crippen LogP contribution in [0.4, 0.5) is 11.6 Å². The van der Waals surface area contributed by atoms with E-state index in [-0.39, 0.29) is 11.6 Å². The number of anilines is 2. The van der Waals surface area contributed by atoms with E-state index in [2.05, 4.69) is 14.9 Å². The zero-order valence-corrected chi connectivity index (χ0v) is 15.1. The van der Waals surface area contributed by atoms with Gasteiger partial charge in [0.15, 0.2) is 11.6 Å². The van der Waals surface area contributed by atoms with E-state index in [1.165, 1.54) is 0 Å². The van der Waals surface area contributed by atoms with E-state index in [9.17, 15) is 13.2 Å². The van der Waals surface area contributed by atoms with Crippen molar-refractivity contribution in [1.29, 1.82) is 0 Å². The summed E-state index contributed by atoms with van der Waals surface area (Å²) in [7, 11) is -3.49. The van der Waals surface area contributed by atoms with Gasteiger partial charge in [0.2, 0.25) is 16.4 Å². The van der Waals surface area contributed by atoms with Gasteiger partial charge in [0.05, 0.1) is 5.75 Å². The standard InChI is InChI=1S/C17H21N5O3S/c23-14-21-9-11-22(12-10-21)17-7-6-16(18-19-17)20-26(24,25)13-8-15-4-2-1-3-5-15/h1-7,14H,8-13H2,(H,18,20). The lowest BCUT2D eigenvalue weighted by atomic mass is 10.2. The maximum Gasteiger partial charge on any atom is 0.234 e. The Labute approximate surface area is 152 Å². The smallest absolute Gasteiger partial charge is 0.234 e. The molecule has 0 saturated carbocycles. The number of aryl methyl sites for hydroxylation is 1. The van der Waals surface area contributed by atoms with Crippen LogP contribution in [0.15, 0.2) is 42.5 Å². The molecule has 0 aliphatic carbocycles. The fourth-order valence-corrected chi connectivity index (χ4v) is 3.75. The third kappa shape index (κ3) is 4.92. The zero-order valence-electron chi connectivity index (χ0n) is 14.3. The Hall–Kier alpha value is -2.68. The predicted octanol–water partition coefficient (Wildman–Crippen LogP) is 0.739. The van der Waals surface area contributed by atoms with Gasteiger partial charge in [-0.05, 0) is 24.1 Å². The second-order valence-electron chi connectivity index (χ2n) is 6.06. The lowest BCUT2D eigenvalue weighted by molar-refractivity contribution is -0.118. The van der Waals surface area contributed by atoms with Crippen molar-refractivity contribution >= 4 is 28.1 Å². The maximum absolute atomic E-state index is 12.2. The van der Waals surface area contributed by atoms with Crippen molar-refractivity contribution in [2.45, 2.75) is 6.42 Å². The molecule has 2 aromatic rings. The van der Waals surface area contributed by atoms with E-state index in [4.69, 9.17) is 0 Å². The minimum Gasteiger partial charge on any atom is -0.352 e. The fraction of sp³-hybridized carbons (Fsp3) is 0.353. The predicted molar refractivity (Wildman–Crippen MR) is 99.4 cm³/mol. The van der Waals surface area contributed by atoms with Crippen molar-refractivity contribution in [1.82, 2.24) is 15.1 Å². The second-order valence-corrected chi connectivity index (χ2v) is 7.90. The molecule has 2 heterocycles. The monoisotopic (exact) mass is 375 g/mol. The average molecular weight is 375 g/mol. The van der Waals surface area contributed by atoms with Gasteiger partial charge in [0.1, 0.15) is 0 Å². The highest BCUT2D eigenvalue weighted by Crippen LogP contribution is 2.15. The Morgan fingerprint density at radius 1 is 1.00 bits per heavy atom. The molecule has 9 heteroatoms. The number of piperazine rings is 1. The van der Waals surface area contributed by atoms with Crippen LogP contribution in [-0.4, -0.2) is 61.9 Å². The van der Waals surface area contributed by atoms with Gasteiger partial charge in [0.25, 0.3) is 0 Å². The van der Waals surface area contributed by atoms with Gasteiger partial charge < -0.3 is 9.80 Å². The maximum atomic E-state index is 12.2. The lowest BCUT2D eigenvalue weighted by Crippen LogP contribution is -2.46. The van der Waals surface area contributed by atoms with E-state index in [1.807, 2.05) is 35.2 Å². The molecule has 0 radical (unpaired) electrons. The van der Waals surface area contributed by atoms with Gasteiger partial charge in [-0.1, -0.05) is 30.3 Å². The van der Waals surface area contributed by atoms with Gasteiger partial charge in [0, 0.05) is 26.2 Å². The van der Waals surface area contributed by atoms with Crippen LogP contribution in [0.5, 0.6) is 0 Å². The molecule has 0 spiro atoms. The Bertz CT molecular complexity index is 819. The van der Waals surface area contributed by atoms with Crippen LogP contribution in [-0.2, 0) is 21.2 Å². The molecule has 138 valence electrons. The first kappa shape index (κ1) is 18.1. The highest BCUT2D eigenvalue weighted by atomic mass is 32.2. The molecule has 1 saturated heterocycles. The third-order valence-corrected chi connectivity index (χ3v) is 5.46. The van der Waals surface area contributed by atoms with E-state index in [0.29, 0.717) is 38.4 Å². The Morgan fingerprint density at radius 3 is 2.35 bits per heavy atom. The minimum absolute atomic E-state index is 0.0197. The molecule has 1 aliphatic heterocycles. The zero-order chi connectivity index (χ0) is 18.4. The topological polar surface area (TPSA) is 95.5 Å². The summed E-state index contributed by atoms with van der Waals surface area (Å²) in [6, 6.07) is 12.8. The van der Waals surface area contributed by atoms with E-state index < -0.39 is 10.0 Å². The Balaban J connectivity index is 1.55. The summed E-state index contributed by atoms with van der Waals surface area (Å²) >= 11 is 0. The van der Waals surface area contributed by atoms with Crippen LogP contribution in [0.1, 0.15) is 5.56 Å². The van der Waals surface area contributed by atoms with Crippen LogP contribution in [0.3, 0.4) is 0 Å².